The summed E-state index contributed by atoms with van der Waals surface area (Å²) in [6.45, 7) is 2.24. The number of hydrogen-bond donors (Lipinski definition) is 0. The number of carbonyl (C=O) groups excluding carboxylic acids is 1. The molecule has 102 valence electrons. The zero-order valence-electron chi connectivity index (χ0n) is 11.6. The standard InChI is InChI=1S/C16H21NO2/c1-17-8-7-13-14(9-16(18)19-2)11-5-3-4-6-12(11)15(13)10-17/h3-6,13-15H,7-10H2,1-2H3. The lowest BCUT2D eigenvalue weighted by Crippen LogP contribution is -2.36. The Morgan fingerprint density at radius 3 is 2.84 bits per heavy atom. The Morgan fingerprint density at radius 2 is 2.11 bits per heavy atom. The Morgan fingerprint density at radius 1 is 1.37 bits per heavy atom. The zero-order valence-corrected chi connectivity index (χ0v) is 11.6. The predicted octanol–water partition coefficient (Wildman–Crippen LogP) is 2.38. The van der Waals surface area contributed by atoms with E-state index in [-0.39, 0.29) is 5.97 Å². The van der Waals surface area contributed by atoms with Crippen molar-refractivity contribution in [2.24, 2.45) is 5.92 Å². The molecule has 3 atom stereocenters. The number of benzene rings is 1. The molecule has 0 spiro atoms. The SMILES string of the molecule is COC(=O)CC1c2ccccc2C2CN(C)CCC12. The summed E-state index contributed by atoms with van der Waals surface area (Å²) < 4.78 is 4.88. The quantitative estimate of drug-likeness (QED) is 0.764. The summed E-state index contributed by atoms with van der Waals surface area (Å²) in [5.74, 6) is 1.46. The second-order valence-corrected chi connectivity index (χ2v) is 5.84. The third-order valence-corrected chi connectivity index (χ3v) is 4.80. The second-order valence-electron chi connectivity index (χ2n) is 5.84. The topological polar surface area (TPSA) is 29.5 Å². The van der Waals surface area contributed by atoms with Crippen molar-refractivity contribution in [3.8, 4) is 0 Å². The summed E-state index contributed by atoms with van der Waals surface area (Å²) in [4.78, 5) is 14.1. The molecule has 1 saturated heterocycles. The maximum absolute atomic E-state index is 11.7. The highest BCUT2D eigenvalue weighted by atomic mass is 16.5. The molecule has 0 bridgehead atoms. The van der Waals surface area contributed by atoms with Gasteiger partial charge in [-0.2, -0.15) is 0 Å². The lowest BCUT2D eigenvalue weighted by atomic mass is 9.80. The molecule has 3 heteroatoms. The van der Waals surface area contributed by atoms with Crippen LogP contribution in [0.15, 0.2) is 24.3 Å². The highest BCUT2D eigenvalue weighted by Crippen LogP contribution is 2.51. The third kappa shape index (κ3) is 2.16. The van der Waals surface area contributed by atoms with E-state index >= 15 is 0 Å². The van der Waals surface area contributed by atoms with Gasteiger partial charge in [0.2, 0.25) is 0 Å². The lowest BCUT2D eigenvalue weighted by Gasteiger charge is -2.35. The molecule has 0 aromatic heterocycles. The molecule has 1 aromatic carbocycles. The molecular formula is C16H21NO2. The van der Waals surface area contributed by atoms with Gasteiger partial charge in [0, 0.05) is 12.5 Å². The Labute approximate surface area is 114 Å². The van der Waals surface area contributed by atoms with E-state index in [9.17, 15) is 4.79 Å². The van der Waals surface area contributed by atoms with Crippen LogP contribution in [0.1, 0.15) is 35.8 Å². The fourth-order valence-electron chi connectivity index (χ4n) is 3.88. The van der Waals surface area contributed by atoms with Gasteiger partial charge in [0.1, 0.15) is 0 Å². The molecule has 0 amide bonds. The van der Waals surface area contributed by atoms with E-state index in [0.29, 0.717) is 24.2 Å². The van der Waals surface area contributed by atoms with Crippen LogP contribution in [0.2, 0.25) is 0 Å². The smallest absolute Gasteiger partial charge is 0.306 e. The van der Waals surface area contributed by atoms with Gasteiger partial charge in [-0.3, -0.25) is 4.79 Å². The Bertz CT molecular complexity index is 485. The average Bonchev–Trinajstić information content (AvgIpc) is 2.73. The van der Waals surface area contributed by atoms with E-state index in [1.165, 1.54) is 24.7 Å². The van der Waals surface area contributed by atoms with Crippen molar-refractivity contribution in [3.63, 3.8) is 0 Å². The van der Waals surface area contributed by atoms with Crippen LogP contribution in [0.3, 0.4) is 0 Å². The number of nitrogens with zero attached hydrogens (tertiary/aromatic N) is 1. The summed E-state index contributed by atoms with van der Waals surface area (Å²) in [5.41, 5.74) is 2.83. The van der Waals surface area contributed by atoms with Gasteiger partial charge in [-0.05, 0) is 43.0 Å². The van der Waals surface area contributed by atoms with Crippen molar-refractivity contribution in [2.45, 2.75) is 24.7 Å². The fourth-order valence-corrected chi connectivity index (χ4v) is 3.88. The second kappa shape index (κ2) is 4.97. The number of hydrogen-bond acceptors (Lipinski definition) is 3. The molecule has 1 aromatic rings. The predicted molar refractivity (Wildman–Crippen MR) is 74.2 cm³/mol. The average molecular weight is 259 g/mol. The minimum Gasteiger partial charge on any atom is -0.469 e. The van der Waals surface area contributed by atoms with E-state index in [0.717, 1.165) is 13.1 Å². The molecule has 0 N–H and O–H groups in total. The third-order valence-electron chi connectivity index (χ3n) is 4.80. The molecule has 1 aliphatic heterocycles. The van der Waals surface area contributed by atoms with Crippen LogP contribution in [0, 0.1) is 5.92 Å². The van der Waals surface area contributed by atoms with Crippen molar-refractivity contribution < 1.29 is 9.53 Å². The largest absolute Gasteiger partial charge is 0.469 e. The number of ether oxygens (including phenoxy) is 1. The number of likely N-dealkylation sites (tertiary alicyclic amines) is 1. The molecule has 3 rings (SSSR count). The number of esters is 1. The first-order valence-electron chi connectivity index (χ1n) is 7.05. The highest BCUT2D eigenvalue weighted by molar-refractivity contribution is 5.71. The zero-order chi connectivity index (χ0) is 13.4. The van der Waals surface area contributed by atoms with Crippen LogP contribution >= 0.6 is 0 Å². The maximum atomic E-state index is 11.7. The van der Waals surface area contributed by atoms with Crippen LogP contribution < -0.4 is 0 Å². The first-order chi connectivity index (χ1) is 9.20. The van der Waals surface area contributed by atoms with Crippen LogP contribution in [-0.2, 0) is 9.53 Å². The fraction of sp³-hybridized carbons (Fsp3) is 0.562. The van der Waals surface area contributed by atoms with Gasteiger partial charge in [0.15, 0.2) is 0 Å². The van der Waals surface area contributed by atoms with E-state index in [1.807, 2.05) is 0 Å². The number of piperidine rings is 1. The van der Waals surface area contributed by atoms with Crippen molar-refractivity contribution in [1.29, 1.82) is 0 Å². The first-order valence-corrected chi connectivity index (χ1v) is 7.05. The van der Waals surface area contributed by atoms with E-state index in [2.05, 4.69) is 36.2 Å². The van der Waals surface area contributed by atoms with Crippen LogP contribution in [-0.4, -0.2) is 38.1 Å². The molecule has 0 saturated carbocycles. The van der Waals surface area contributed by atoms with Gasteiger partial charge in [-0.15, -0.1) is 0 Å². The molecule has 1 fully saturated rings. The van der Waals surface area contributed by atoms with E-state index < -0.39 is 0 Å². The molecule has 19 heavy (non-hydrogen) atoms. The molecule has 0 radical (unpaired) electrons. The van der Waals surface area contributed by atoms with Crippen molar-refractivity contribution in [3.05, 3.63) is 35.4 Å². The summed E-state index contributed by atoms with van der Waals surface area (Å²) >= 11 is 0. The highest BCUT2D eigenvalue weighted by Gasteiger charge is 2.43. The minimum absolute atomic E-state index is 0.0839. The van der Waals surface area contributed by atoms with Gasteiger partial charge in [0.05, 0.1) is 13.5 Å². The van der Waals surface area contributed by atoms with Crippen molar-refractivity contribution in [1.82, 2.24) is 4.90 Å². The number of likely N-dealkylation sites (N-methyl/N-ethyl adjacent to an activating group) is 1. The normalized spacial score (nSPS) is 29.7. The Hall–Kier alpha value is -1.35. The molecule has 1 aliphatic carbocycles. The van der Waals surface area contributed by atoms with E-state index in [4.69, 9.17) is 4.74 Å². The Kier molecular flexibility index (Phi) is 3.31. The van der Waals surface area contributed by atoms with Crippen LogP contribution in [0.5, 0.6) is 0 Å². The number of fused-ring (bicyclic) bond motifs is 3. The van der Waals surface area contributed by atoms with Crippen molar-refractivity contribution in [2.75, 3.05) is 27.2 Å². The molecule has 3 nitrogen and oxygen atoms in total. The summed E-state index contributed by atoms with van der Waals surface area (Å²) in [5, 5.41) is 0. The van der Waals surface area contributed by atoms with Gasteiger partial charge in [0.25, 0.3) is 0 Å². The van der Waals surface area contributed by atoms with Gasteiger partial charge >= 0.3 is 5.97 Å². The molecular weight excluding hydrogens is 238 g/mol. The summed E-state index contributed by atoms with van der Waals surface area (Å²) in [6, 6.07) is 8.64. The van der Waals surface area contributed by atoms with Crippen LogP contribution in [0.4, 0.5) is 0 Å². The lowest BCUT2D eigenvalue weighted by molar-refractivity contribution is -0.141. The monoisotopic (exact) mass is 259 g/mol. The van der Waals surface area contributed by atoms with Gasteiger partial charge < -0.3 is 9.64 Å². The van der Waals surface area contributed by atoms with Crippen LogP contribution in [0.25, 0.3) is 0 Å². The summed E-state index contributed by atoms with van der Waals surface area (Å²) in [7, 11) is 3.67. The molecule has 2 aliphatic rings. The first kappa shape index (κ1) is 12.7. The van der Waals surface area contributed by atoms with Gasteiger partial charge in [-0.1, -0.05) is 24.3 Å². The van der Waals surface area contributed by atoms with Crippen molar-refractivity contribution >= 4 is 5.97 Å². The summed E-state index contributed by atoms with van der Waals surface area (Å²) in [6.07, 6.45) is 1.70. The minimum atomic E-state index is -0.0839. The van der Waals surface area contributed by atoms with Gasteiger partial charge in [-0.25, -0.2) is 0 Å². The number of rotatable bonds is 2. The molecule has 1 heterocycles. The van der Waals surface area contributed by atoms with E-state index in [1.54, 1.807) is 0 Å². The maximum Gasteiger partial charge on any atom is 0.306 e. The number of carbonyl (C=O) groups is 1. The molecule has 3 unspecified atom stereocenters. The number of methoxy groups -OCH3 is 1. The Balaban J connectivity index is 1.93.